The van der Waals surface area contributed by atoms with Crippen LogP contribution < -0.4 is 5.73 Å². The molecule has 1 aromatic rings. The minimum absolute atomic E-state index is 0.0184. The van der Waals surface area contributed by atoms with E-state index in [2.05, 4.69) is 0 Å². The van der Waals surface area contributed by atoms with Crippen molar-refractivity contribution in [1.29, 1.82) is 0 Å². The van der Waals surface area contributed by atoms with Crippen LogP contribution in [-0.4, -0.2) is 28.1 Å². The number of nitrogens with two attached hydrogens (primary N) is 1. The van der Waals surface area contributed by atoms with Gasteiger partial charge in [-0.25, -0.2) is 14.0 Å². The lowest BCUT2D eigenvalue weighted by Gasteiger charge is -2.38. The van der Waals surface area contributed by atoms with Crippen molar-refractivity contribution in [2.45, 2.75) is 18.3 Å². The maximum atomic E-state index is 14.7. The van der Waals surface area contributed by atoms with Gasteiger partial charge in [0.25, 0.3) is 5.92 Å². The second-order valence-corrected chi connectivity index (χ2v) is 5.28. The molecular weight excluding hydrogens is 315 g/mol. The lowest BCUT2D eigenvalue weighted by Crippen LogP contribution is -2.48. The molecular formula is C15H12F3NO4. The Morgan fingerprint density at radius 3 is 2.30 bits per heavy atom. The quantitative estimate of drug-likeness (QED) is 0.740. The van der Waals surface area contributed by atoms with Crippen molar-refractivity contribution in [1.82, 2.24) is 0 Å². The Balaban J connectivity index is 2.81. The van der Waals surface area contributed by atoms with E-state index in [1.807, 2.05) is 0 Å². The first-order chi connectivity index (χ1) is 10.5. The van der Waals surface area contributed by atoms with Gasteiger partial charge in [-0.15, -0.1) is 0 Å². The van der Waals surface area contributed by atoms with Gasteiger partial charge in [0.2, 0.25) is 0 Å². The molecule has 0 amide bonds. The molecule has 0 bridgehead atoms. The molecule has 4 N–H and O–H groups in total. The van der Waals surface area contributed by atoms with E-state index in [4.69, 9.17) is 15.9 Å². The number of anilines is 1. The lowest BCUT2D eigenvalue weighted by atomic mass is 9.69. The highest BCUT2D eigenvalue weighted by Gasteiger charge is 2.58. The van der Waals surface area contributed by atoms with E-state index in [1.54, 1.807) is 0 Å². The molecule has 1 atom stereocenters. The fraction of sp³-hybridized carbons (Fsp3) is 0.200. The van der Waals surface area contributed by atoms with Gasteiger partial charge in [-0.1, -0.05) is 6.08 Å². The van der Waals surface area contributed by atoms with Crippen LogP contribution in [0.3, 0.4) is 0 Å². The van der Waals surface area contributed by atoms with Crippen LogP contribution in [0.15, 0.2) is 41.5 Å². The normalized spacial score (nSPS) is 23.0. The van der Waals surface area contributed by atoms with Gasteiger partial charge in [0.05, 0.1) is 11.0 Å². The molecule has 0 radical (unpaired) electrons. The van der Waals surface area contributed by atoms with Crippen molar-refractivity contribution < 1.29 is 33.0 Å². The molecule has 23 heavy (non-hydrogen) atoms. The molecule has 0 heterocycles. The van der Waals surface area contributed by atoms with Crippen LogP contribution in [0.25, 0.3) is 0 Å². The standard InChI is InChI=1S/C15H12F3NO4/c1-14(9-5-8(19)2-3-11(9)16)6-7(12(20)21)4-10(13(22)23)15(14,17)18/h2-6H,19H2,1H3,(H,20,21)(H,22,23)/t14-/m1/s1. The summed E-state index contributed by atoms with van der Waals surface area (Å²) in [5.41, 5.74) is 0.260. The molecule has 5 nitrogen and oxygen atoms in total. The van der Waals surface area contributed by atoms with Gasteiger partial charge in [-0.05, 0) is 31.2 Å². The Kier molecular flexibility index (Phi) is 3.72. The van der Waals surface area contributed by atoms with E-state index in [9.17, 15) is 22.8 Å². The van der Waals surface area contributed by atoms with E-state index in [1.165, 1.54) is 0 Å². The van der Waals surface area contributed by atoms with Gasteiger partial charge in [0, 0.05) is 11.3 Å². The Bertz CT molecular complexity index is 770. The molecule has 1 aliphatic carbocycles. The highest BCUT2D eigenvalue weighted by atomic mass is 19.3. The summed E-state index contributed by atoms with van der Waals surface area (Å²) in [6.45, 7) is 0.865. The summed E-state index contributed by atoms with van der Waals surface area (Å²) in [4.78, 5) is 22.3. The second kappa shape index (κ2) is 5.15. The topological polar surface area (TPSA) is 101 Å². The summed E-state index contributed by atoms with van der Waals surface area (Å²) < 4.78 is 43.5. The average Bonchev–Trinajstić information content (AvgIpc) is 2.43. The Labute approximate surface area is 128 Å². The smallest absolute Gasteiger partial charge is 0.337 e. The van der Waals surface area contributed by atoms with Gasteiger partial charge in [-0.2, -0.15) is 8.78 Å². The zero-order chi connectivity index (χ0) is 17.6. The number of carboxylic acids is 2. The predicted octanol–water partition coefficient (Wildman–Crippen LogP) is 2.34. The molecule has 0 spiro atoms. The van der Waals surface area contributed by atoms with Gasteiger partial charge < -0.3 is 15.9 Å². The molecule has 0 saturated heterocycles. The molecule has 0 saturated carbocycles. The number of hydrogen-bond acceptors (Lipinski definition) is 3. The molecule has 0 fully saturated rings. The Hall–Kier alpha value is -2.77. The van der Waals surface area contributed by atoms with Crippen LogP contribution in [0.1, 0.15) is 12.5 Å². The van der Waals surface area contributed by atoms with Crippen LogP contribution in [0, 0.1) is 5.82 Å². The summed E-state index contributed by atoms with van der Waals surface area (Å²) >= 11 is 0. The minimum Gasteiger partial charge on any atom is -0.478 e. The monoisotopic (exact) mass is 327 g/mol. The first-order valence-electron chi connectivity index (χ1n) is 6.35. The Morgan fingerprint density at radius 1 is 1.17 bits per heavy atom. The number of aliphatic carboxylic acids is 2. The SMILES string of the molecule is C[C@]1(c2cc(N)ccc2F)C=C(C(=O)O)C=C(C(=O)O)C1(F)F. The van der Waals surface area contributed by atoms with E-state index in [0.717, 1.165) is 25.1 Å². The van der Waals surface area contributed by atoms with Crippen molar-refractivity contribution >= 4 is 17.6 Å². The van der Waals surface area contributed by atoms with Crippen molar-refractivity contribution in [3.63, 3.8) is 0 Å². The summed E-state index contributed by atoms with van der Waals surface area (Å²) in [7, 11) is 0. The minimum atomic E-state index is -4.05. The zero-order valence-electron chi connectivity index (χ0n) is 11.8. The van der Waals surface area contributed by atoms with Crippen molar-refractivity contribution in [2.75, 3.05) is 5.73 Å². The van der Waals surface area contributed by atoms with Crippen LogP contribution in [0.2, 0.25) is 0 Å². The summed E-state index contributed by atoms with van der Waals surface area (Å²) in [6.07, 6.45) is 1.01. The molecule has 1 aliphatic rings. The van der Waals surface area contributed by atoms with Crippen LogP contribution in [-0.2, 0) is 15.0 Å². The fourth-order valence-corrected chi connectivity index (χ4v) is 2.48. The third kappa shape index (κ3) is 2.45. The largest absolute Gasteiger partial charge is 0.478 e. The van der Waals surface area contributed by atoms with Gasteiger partial charge >= 0.3 is 11.9 Å². The number of carboxylic acid groups (broad SMARTS) is 2. The number of nitrogen functional groups attached to an aromatic ring is 1. The first-order valence-corrected chi connectivity index (χ1v) is 6.35. The third-order valence-corrected chi connectivity index (χ3v) is 3.76. The van der Waals surface area contributed by atoms with Crippen molar-refractivity contribution in [2.24, 2.45) is 0 Å². The number of hydrogen-bond donors (Lipinski definition) is 3. The van der Waals surface area contributed by atoms with Gasteiger partial charge in [0.1, 0.15) is 11.4 Å². The van der Waals surface area contributed by atoms with Crippen molar-refractivity contribution in [3.05, 3.63) is 52.9 Å². The number of carbonyl (C=O) groups is 2. The maximum Gasteiger partial charge on any atom is 0.337 e. The predicted molar refractivity (Wildman–Crippen MR) is 74.5 cm³/mol. The van der Waals surface area contributed by atoms with Crippen LogP contribution >= 0.6 is 0 Å². The molecule has 2 rings (SSSR count). The van der Waals surface area contributed by atoms with Gasteiger partial charge in [-0.3, -0.25) is 0 Å². The first kappa shape index (κ1) is 16.6. The zero-order valence-corrected chi connectivity index (χ0v) is 11.8. The second-order valence-electron chi connectivity index (χ2n) is 5.28. The highest BCUT2D eigenvalue weighted by Crippen LogP contribution is 2.50. The molecule has 0 unspecified atom stereocenters. The van der Waals surface area contributed by atoms with Crippen LogP contribution in [0.4, 0.5) is 18.9 Å². The fourth-order valence-electron chi connectivity index (χ4n) is 2.48. The van der Waals surface area contributed by atoms with E-state index in [0.29, 0.717) is 12.2 Å². The molecule has 0 aliphatic heterocycles. The number of halogens is 3. The van der Waals surface area contributed by atoms with Crippen molar-refractivity contribution in [3.8, 4) is 0 Å². The molecule has 1 aromatic carbocycles. The van der Waals surface area contributed by atoms with E-state index < -0.39 is 45.8 Å². The summed E-state index contributed by atoms with van der Waals surface area (Å²) in [6, 6.07) is 2.95. The Morgan fingerprint density at radius 2 is 1.78 bits per heavy atom. The lowest BCUT2D eigenvalue weighted by molar-refractivity contribution is -0.138. The third-order valence-electron chi connectivity index (χ3n) is 3.76. The number of rotatable bonds is 3. The number of allylic oxidation sites excluding steroid dienone is 1. The van der Waals surface area contributed by atoms with E-state index in [-0.39, 0.29) is 5.69 Å². The summed E-state index contributed by atoms with van der Waals surface area (Å²) in [5, 5.41) is 18.0. The van der Waals surface area contributed by atoms with E-state index >= 15 is 0 Å². The van der Waals surface area contributed by atoms with Gasteiger partial charge in [0.15, 0.2) is 0 Å². The summed E-state index contributed by atoms with van der Waals surface area (Å²) in [5.74, 6) is -8.69. The number of alkyl halides is 2. The molecule has 0 aromatic heterocycles. The molecule has 122 valence electrons. The average molecular weight is 327 g/mol. The number of benzene rings is 1. The maximum absolute atomic E-state index is 14.7. The molecule has 8 heteroatoms. The highest BCUT2D eigenvalue weighted by molar-refractivity contribution is 5.97. The van der Waals surface area contributed by atoms with Crippen LogP contribution in [0.5, 0.6) is 0 Å².